The van der Waals surface area contributed by atoms with E-state index in [1.54, 1.807) is 13.3 Å². The predicted octanol–water partition coefficient (Wildman–Crippen LogP) is 3.19. The molecule has 0 bridgehead atoms. The van der Waals surface area contributed by atoms with Crippen molar-refractivity contribution in [2.45, 2.75) is 6.54 Å². The van der Waals surface area contributed by atoms with Gasteiger partial charge in [0.25, 0.3) is 5.91 Å². The fraction of sp³-hybridized carbons (Fsp3) is 0.111. The molecule has 1 aromatic heterocycles. The fourth-order valence-corrected chi connectivity index (χ4v) is 2.28. The van der Waals surface area contributed by atoms with Crippen molar-refractivity contribution in [2.75, 3.05) is 12.4 Å². The first-order chi connectivity index (χ1) is 11.3. The van der Waals surface area contributed by atoms with Gasteiger partial charge in [0.1, 0.15) is 5.75 Å². The topological polar surface area (TPSA) is 56.1 Å². The highest BCUT2D eigenvalue weighted by molar-refractivity contribution is 6.05. The number of methoxy groups -OCH3 is 1. The largest absolute Gasteiger partial charge is 0.495 e. The molecule has 3 aromatic rings. The Morgan fingerprint density at radius 2 is 1.91 bits per heavy atom. The van der Waals surface area contributed by atoms with Crippen LogP contribution in [0, 0.1) is 0 Å². The number of hydrogen-bond donors (Lipinski definition) is 1. The lowest BCUT2D eigenvalue weighted by atomic mass is 10.1. The van der Waals surface area contributed by atoms with Crippen LogP contribution in [0.1, 0.15) is 15.9 Å². The van der Waals surface area contributed by atoms with E-state index in [-0.39, 0.29) is 5.91 Å². The Balaban J connectivity index is 1.70. The van der Waals surface area contributed by atoms with Crippen molar-refractivity contribution in [1.29, 1.82) is 0 Å². The van der Waals surface area contributed by atoms with Crippen LogP contribution in [0.25, 0.3) is 0 Å². The molecule has 1 amide bonds. The molecule has 0 aliphatic heterocycles. The molecule has 116 valence electrons. The number of aromatic nitrogens is 2. The summed E-state index contributed by atoms with van der Waals surface area (Å²) >= 11 is 0. The maximum atomic E-state index is 12.3. The van der Waals surface area contributed by atoms with Gasteiger partial charge >= 0.3 is 0 Å². The predicted molar refractivity (Wildman–Crippen MR) is 88.7 cm³/mol. The summed E-state index contributed by atoms with van der Waals surface area (Å²) in [7, 11) is 1.58. The first kappa shape index (κ1) is 14.8. The van der Waals surface area contributed by atoms with Crippen LogP contribution in [0.3, 0.4) is 0 Å². The first-order valence-corrected chi connectivity index (χ1v) is 7.27. The van der Waals surface area contributed by atoms with E-state index in [0.29, 0.717) is 23.5 Å². The molecule has 3 rings (SSSR count). The number of benzene rings is 2. The highest BCUT2D eigenvalue weighted by Crippen LogP contribution is 2.23. The number of carbonyl (C=O) groups is 1. The van der Waals surface area contributed by atoms with Gasteiger partial charge in [-0.05, 0) is 35.9 Å². The maximum Gasteiger partial charge on any atom is 0.255 e. The Kier molecular flexibility index (Phi) is 4.38. The van der Waals surface area contributed by atoms with Crippen molar-refractivity contribution in [3.05, 3.63) is 78.1 Å². The van der Waals surface area contributed by atoms with E-state index in [2.05, 4.69) is 10.4 Å². The van der Waals surface area contributed by atoms with Crippen LogP contribution < -0.4 is 10.1 Å². The molecular weight excluding hydrogens is 290 g/mol. The molecule has 0 radical (unpaired) electrons. The number of carbonyl (C=O) groups excluding carboxylic acids is 1. The Bertz CT molecular complexity index is 780. The maximum absolute atomic E-state index is 12.3. The van der Waals surface area contributed by atoms with Gasteiger partial charge in [-0.15, -0.1) is 0 Å². The summed E-state index contributed by atoms with van der Waals surface area (Å²) in [5.41, 5.74) is 2.34. The molecular formula is C18H17N3O2. The van der Waals surface area contributed by atoms with Crippen molar-refractivity contribution in [3.63, 3.8) is 0 Å². The molecule has 5 heteroatoms. The van der Waals surface area contributed by atoms with Gasteiger partial charge in [-0.1, -0.05) is 24.3 Å². The Morgan fingerprint density at radius 3 is 2.61 bits per heavy atom. The number of rotatable bonds is 5. The molecule has 0 aliphatic carbocycles. The molecule has 0 atom stereocenters. The molecule has 1 N–H and O–H groups in total. The molecule has 5 nitrogen and oxygen atoms in total. The summed E-state index contributed by atoms with van der Waals surface area (Å²) in [4.78, 5) is 12.3. The van der Waals surface area contributed by atoms with Gasteiger partial charge in [0.2, 0.25) is 0 Å². The number of anilines is 1. The van der Waals surface area contributed by atoms with E-state index >= 15 is 0 Å². The molecule has 0 unspecified atom stereocenters. The summed E-state index contributed by atoms with van der Waals surface area (Å²) in [6.45, 7) is 0.682. The molecule has 1 heterocycles. The highest BCUT2D eigenvalue weighted by atomic mass is 16.5. The van der Waals surface area contributed by atoms with Crippen LogP contribution in [0.15, 0.2) is 67.0 Å². The van der Waals surface area contributed by atoms with E-state index in [9.17, 15) is 4.79 Å². The summed E-state index contributed by atoms with van der Waals surface area (Å²) in [6, 6.07) is 16.7. The lowest BCUT2D eigenvalue weighted by Crippen LogP contribution is -2.12. The van der Waals surface area contributed by atoms with E-state index in [1.165, 1.54) is 0 Å². The molecule has 0 saturated heterocycles. The number of amides is 1. The third-order valence-corrected chi connectivity index (χ3v) is 3.48. The average molecular weight is 307 g/mol. The summed E-state index contributed by atoms with van der Waals surface area (Å²) < 4.78 is 7.07. The van der Waals surface area contributed by atoms with E-state index in [4.69, 9.17) is 4.74 Å². The minimum absolute atomic E-state index is 0.167. The summed E-state index contributed by atoms with van der Waals surface area (Å²) in [5, 5.41) is 7.03. The monoisotopic (exact) mass is 307 g/mol. The van der Waals surface area contributed by atoms with Crippen molar-refractivity contribution >= 4 is 11.6 Å². The standard InChI is InChI=1S/C18H17N3O2/c1-23-17-6-3-2-5-16(17)20-18(22)15-9-7-14(8-10-15)13-21-12-4-11-19-21/h2-12H,13H2,1H3,(H,20,22). The third-order valence-electron chi connectivity index (χ3n) is 3.48. The van der Waals surface area contributed by atoms with Gasteiger partial charge in [-0.25, -0.2) is 0 Å². The number of nitrogens with zero attached hydrogens (tertiary/aromatic N) is 2. The molecule has 0 fully saturated rings. The van der Waals surface area contributed by atoms with Gasteiger partial charge in [-0.3, -0.25) is 9.48 Å². The van der Waals surface area contributed by atoms with Crippen LogP contribution in [0.4, 0.5) is 5.69 Å². The minimum atomic E-state index is -0.167. The molecule has 0 spiro atoms. The Labute approximate surface area is 134 Å². The second-order valence-electron chi connectivity index (χ2n) is 5.05. The molecule has 23 heavy (non-hydrogen) atoms. The van der Waals surface area contributed by atoms with Crippen molar-refractivity contribution in [3.8, 4) is 5.75 Å². The van der Waals surface area contributed by atoms with Crippen LogP contribution >= 0.6 is 0 Å². The molecule has 0 saturated carbocycles. The van der Waals surface area contributed by atoms with Crippen LogP contribution in [0.2, 0.25) is 0 Å². The van der Waals surface area contributed by atoms with Crippen molar-refractivity contribution in [2.24, 2.45) is 0 Å². The quantitative estimate of drug-likeness (QED) is 0.787. The van der Waals surface area contributed by atoms with E-state index in [0.717, 1.165) is 5.56 Å². The number of nitrogens with one attached hydrogen (secondary N) is 1. The third kappa shape index (κ3) is 3.58. The average Bonchev–Trinajstić information content (AvgIpc) is 3.09. The summed E-state index contributed by atoms with van der Waals surface area (Å²) in [6.07, 6.45) is 3.65. The first-order valence-electron chi connectivity index (χ1n) is 7.27. The van der Waals surface area contributed by atoms with Crippen molar-refractivity contribution in [1.82, 2.24) is 9.78 Å². The van der Waals surface area contributed by atoms with Crippen molar-refractivity contribution < 1.29 is 9.53 Å². The van der Waals surface area contributed by atoms with Gasteiger partial charge in [0.15, 0.2) is 0 Å². The van der Waals surface area contributed by atoms with Gasteiger partial charge in [-0.2, -0.15) is 5.10 Å². The highest BCUT2D eigenvalue weighted by Gasteiger charge is 2.09. The fourth-order valence-electron chi connectivity index (χ4n) is 2.28. The second-order valence-corrected chi connectivity index (χ2v) is 5.05. The smallest absolute Gasteiger partial charge is 0.255 e. The minimum Gasteiger partial charge on any atom is -0.495 e. The lowest BCUT2D eigenvalue weighted by Gasteiger charge is -2.10. The van der Waals surface area contributed by atoms with E-state index in [1.807, 2.05) is 65.5 Å². The van der Waals surface area contributed by atoms with Crippen LogP contribution in [-0.2, 0) is 6.54 Å². The Hall–Kier alpha value is -3.08. The SMILES string of the molecule is COc1ccccc1NC(=O)c1ccc(Cn2cccn2)cc1. The van der Waals surface area contributed by atoms with Gasteiger partial charge < -0.3 is 10.1 Å². The number of hydrogen-bond acceptors (Lipinski definition) is 3. The Morgan fingerprint density at radius 1 is 1.13 bits per heavy atom. The normalized spacial score (nSPS) is 10.3. The molecule has 0 aliphatic rings. The lowest BCUT2D eigenvalue weighted by molar-refractivity contribution is 0.102. The van der Waals surface area contributed by atoms with Gasteiger partial charge in [0, 0.05) is 18.0 Å². The van der Waals surface area contributed by atoms with E-state index < -0.39 is 0 Å². The zero-order valence-electron chi connectivity index (χ0n) is 12.8. The second kappa shape index (κ2) is 6.79. The number of para-hydroxylation sites is 2. The number of ether oxygens (including phenoxy) is 1. The molecule has 2 aromatic carbocycles. The van der Waals surface area contributed by atoms with Gasteiger partial charge in [0.05, 0.1) is 19.3 Å². The van der Waals surface area contributed by atoms with Crippen LogP contribution in [-0.4, -0.2) is 22.8 Å². The van der Waals surface area contributed by atoms with Crippen LogP contribution in [0.5, 0.6) is 5.75 Å². The summed E-state index contributed by atoms with van der Waals surface area (Å²) in [5.74, 6) is 0.469. The zero-order chi connectivity index (χ0) is 16.1. The zero-order valence-corrected chi connectivity index (χ0v) is 12.8.